The van der Waals surface area contributed by atoms with Crippen molar-refractivity contribution in [1.82, 2.24) is 4.90 Å². The molecule has 0 unspecified atom stereocenters. The van der Waals surface area contributed by atoms with Gasteiger partial charge in [-0.1, -0.05) is 6.07 Å². The van der Waals surface area contributed by atoms with Crippen molar-refractivity contribution in [3.8, 4) is 11.5 Å². The number of nitrogens with one attached hydrogen (secondary N) is 1. The first-order valence-corrected chi connectivity index (χ1v) is 13.9. The summed E-state index contributed by atoms with van der Waals surface area (Å²) in [6.07, 6.45) is 0.327. The summed E-state index contributed by atoms with van der Waals surface area (Å²) in [5, 5.41) is 3.00. The Labute approximate surface area is 249 Å². The zero-order valence-electron chi connectivity index (χ0n) is 23.6. The lowest BCUT2D eigenvalue weighted by atomic mass is 10.1. The molecule has 0 saturated carbocycles. The van der Waals surface area contributed by atoms with Crippen molar-refractivity contribution in [2.45, 2.75) is 32.7 Å². The normalized spacial score (nSPS) is 14.6. The molecule has 1 heterocycles. The van der Waals surface area contributed by atoms with E-state index in [0.29, 0.717) is 54.6 Å². The zero-order valence-corrected chi connectivity index (χ0v) is 24.4. The maximum atomic E-state index is 13.7. The minimum Gasteiger partial charge on any atom is -0.490 e. The number of nitrogens with zero attached hydrogens (tertiary/aromatic N) is 2. The van der Waals surface area contributed by atoms with Gasteiger partial charge in [0, 0.05) is 12.2 Å². The van der Waals surface area contributed by atoms with E-state index in [2.05, 4.69) is 5.32 Å². The molecule has 3 aromatic carbocycles. The van der Waals surface area contributed by atoms with Gasteiger partial charge < -0.3 is 24.4 Å². The van der Waals surface area contributed by atoms with Gasteiger partial charge in [0.05, 0.1) is 38.0 Å². The zero-order chi connectivity index (χ0) is 30.2. The summed E-state index contributed by atoms with van der Waals surface area (Å²) in [7, 11) is 1.29. The van der Waals surface area contributed by atoms with Crippen LogP contribution in [0, 0.1) is 5.82 Å². The highest BCUT2D eigenvalue weighted by Gasteiger charge is 2.44. The van der Waals surface area contributed by atoms with Gasteiger partial charge in [-0.15, -0.1) is 0 Å². The molecule has 42 heavy (non-hydrogen) atoms. The average Bonchev–Trinajstić information content (AvgIpc) is 3.21. The van der Waals surface area contributed by atoms with Crippen LogP contribution in [0.5, 0.6) is 11.5 Å². The van der Waals surface area contributed by atoms with Crippen LogP contribution in [0.25, 0.3) is 0 Å². The molecule has 2 amide bonds. The van der Waals surface area contributed by atoms with Crippen LogP contribution in [0.2, 0.25) is 0 Å². The van der Waals surface area contributed by atoms with Crippen molar-refractivity contribution >= 4 is 46.5 Å². The molecular formula is C31H32FN3O6S. The number of rotatable bonds is 12. The van der Waals surface area contributed by atoms with E-state index < -0.39 is 23.7 Å². The number of carbonyl (C=O) groups is 3. The third-order valence-electron chi connectivity index (χ3n) is 6.62. The van der Waals surface area contributed by atoms with Crippen molar-refractivity contribution in [3.63, 3.8) is 0 Å². The highest BCUT2D eigenvalue weighted by molar-refractivity contribution is 7.80. The van der Waals surface area contributed by atoms with Crippen molar-refractivity contribution in [2.24, 2.45) is 0 Å². The van der Waals surface area contributed by atoms with Crippen LogP contribution < -0.4 is 19.7 Å². The number of methoxy groups -OCH3 is 1. The summed E-state index contributed by atoms with van der Waals surface area (Å²) < 4.78 is 29.7. The Morgan fingerprint density at radius 2 is 1.62 bits per heavy atom. The van der Waals surface area contributed by atoms with Gasteiger partial charge in [0.1, 0.15) is 11.9 Å². The Morgan fingerprint density at radius 1 is 0.952 bits per heavy atom. The van der Waals surface area contributed by atoms with Crippen molar-refractivity contribution in [3.05, 3.63) is 83.7 Å². The monoisotopic (exact) mass is 593 g/mol. The van der Waals surface area contributed by atoms with Gasteiger partial charge in [0.2, 0.25) is 5.91 Å². The SMILES string of the molecule is CCOc1ccc(CCN2C(=S)N(c3ccc(F)cc3)C(=O)[C@@H]2CC(=O)Nc2ccc(C(=O)OC)cc2)cc1OCC. The van der Waals surface area contributed by atoms with Crippen LogP contribution in [0.1, 0.15) is 36.2 Å². The molecule has 1 aliphatic rings. The maximum Gasteiger partial charge on any atom is 0.337 e. The predicted octanol–water partition coefficient (Wildman–Crippen LogP) is 4.98. The van der Waals surface area contributed by atoms with E-state index in [9.17, 15) is 18.8 Å². The summed E-state index contributed by atoms with van der Waals surface area (Å²) in [4.78, 5) is 41.5. The molecule has 0 bridgehead atoms. The molecule has 0 radical (unpaired) electrons. The Morgan fingerprint density at radius 3 is 2.26 bits per heavy atom. The Hall–Kier alpha value is -4.51. The first-order chi connectivity index (χ1) is 20.2. The first kappa shape index (κ1) is 30.4. The van der Waals surface area contributed by atoms with Crippen LogP contribution in [0.3, 0.4) is 0 Å². The van der Waals surface area contributed by atoms with Crippen LogP contribution in [-0.2, 0) is 20.7 Å². The fourth-order valence-electron chi connectivity index (χ4n) is 4.61. The minimum atomic E-state index is -0.883. The second-order valence-electron chi connectivity index (χ2n) is 9.36. The summed E-state index contributed by atoms with van der Waals surface area (Å²) in [5.74, 6) is -0.457. The Bertz CT molecular complexity index is 1450. The van der Waals surface area contributed by atoms with Gasteiger partial charge in [-0.2, -0.15) is 0 Å². The molecule has 0 aromatic heterocycles. The molecule has 3 aromatic rings. The summed E-state index contributed by atoms with van der Waals surface area (Å²) in [5.41, 5.74) is 2.15. The molecule has 1 atom stereocenters. The lowest BCUT2D eigenvalue weighted by Crippen LogP contribution is -2.39. The predicted molar refractivity (Wildman–Crippen MR) is 160 cm³/mol. The maximum absolute atomic E-state index is 13.7. The number of hydrogen-bond donors (Lipinski definition) is 1. The van der Waals surface area contributed by atoms with Gasteiger partial charge in [0.25, 0.3) is 5.91 Å². The van der Waals surface area contributed by atoms with Crippen LogP contribution >= 0.6 is 12.2 Å². The third-order valence-corrected chi connectivity index (χ3v) is 7.04. The molecule has 1 saturated heterocycles. The van der Waals surface area contributed by atoms with E-state index in [1.165, 1.54) is 48.4 Å². The van der Waals surface area contributed by atoms with Gasteiger partial charge >= 0.3 is 5.97 Å². The van der Waals surface area contributed by atoms with E-state index >= 15 is 0 Å². The van der Waals surface area contributed by atoms with Crippen molar-refractivity contribution in [2.75, 3.05) is 37.1 Å². The van der Waals surface area contributed by atoms with Gasteiger partial charge in [-0.25, -0.2) is 9.18 Å². The lowest BCUT2D eigenvalue weighted by molar-refractivity contribution is -0.124. The fraction of sp³-hybridized carbons (Fsp3) is 0.290. The van der Waals surface area contributed by atoms with E-state index in [-0.39, 0.29) is 17.4 Å². The fourth-order valence-corrected chi connectivity index (χ4v) is 5.02. The molecule has 4 rings (SSSR count). The van der Waals surface area contributed by atoms with Crippen LogP contribution in [-0.4, -0.2) is 60.7 Å². The van der Waals surface area contributed by atoms with Gasteiger partial charge in [-0.05, 0) is 98.7 Å². The summed E-state index contributed by atoms with van der Waals surface area (Å²) in [6, 6.07) is 16.5. The van der Waals surface area contributed by atoms with Gasteiger partial charge in [-0.3, -0.25) is 14.5 Å². The topological polar surface area (TPSA) is 97.4 Å². The molecule has 9 nitrogen and oxygen atoms in total. The first-order valence-electron chi connectivity index (χ1n) is 13.5. The number of hydrogen-bond acceptors (Lipinski definition) is 7. The van der Waals surface area contributed by atoms with E-state index in [4.69, 9.17) is 26.4 Å². The molecule has 1 N–H and O–H groups in total. The number of carbonyl (C=O) groups excluding carboxylic acids is 3. The smallest absolute Gasteiger partial charge is 0.337 e. The number of benzene rings is 3. The minimum absolute atomic E-state index is 0.178. The van der Waals surface area contributed by atoms with E-state index in [1.807, 2.05) is 32.0 Å². The molecule has 220 valence electrons. The number of amides is 2. The highest BCUT2D eigenvalue weighted by atomic mass is 32.1. The summed E-state index contributed by atoms with van der Waals surface area (Å²) >= 11 is 5.72. The number of ether oxygens (including phenoxy) is 3. The number of thiocarbonyl (C=S) groups is 1. The quantitative estimate of drug-likeness (QED) is 0.232. The molecule has 1 aliphatic heterocycles. The van der Waals surface area contributed by atoms with E-state index in [0.717, 1.165) is 5.56 Å². The lowest BCUT2D eigenvalue weighted by Gasteiger charge is -2.24. The number of esters is 1. The third kappa shape index (κ3) is 7.03. The van der Waals surface area contributed by atoms with Crippen molar-refractivity contribution < 1.29 is 33.0 Å². The van der Waals surface area contributed by atoms with Crippen molar-refractivity contribution in [1.29, 1.82) is 0 Å². The molecule has 0 spiro atoms. The Kier molecular flexibility index (Phi) is 10.1. The molecule has 1 fully saturated rings. The van der Waals surface area contributed by atoms with E-state index in [1.54, 1.807) is 17.0 Å². The number of halogens is 1. The second kappa shape index (κ2) is 13.9. The largest absolute Gasteiger partial charge is 0.490 e. The standard InChI is InChI=1S/C31H32FN3O6S/c1-4-40-26-15-6-20(18-27(26)41-5-2)16-17-34-25(29(37)35(31(34)42)24-13-9-22(32)10-14-24)19-28(36)33-23-11-7-21(8-12-23)30(38)39-3/h6-15,18,25H,4-5,16-17,19H2,1-3H3,(H,33,36)/t25-/m0/s1. The molecular weight excluding hydrogens is 561 g/mol. The summed E-state index contributed by atoms with van der Waals surface area (Å²) in [6.45, 7) is 5.11. The highest BCUT2D eigenvalue weighted by Crippen LogP contribution is 2.31. The average molecular weight is 594 g/mol. The number of anilines is 2. The molecule has 0 aliphatic carbocycles. The van der Waals surface area contributed by atoms with Crippen LogP contribution in [0.4, 0.5) is 15.8 Å². The van der Waals surface area contributed by atoms with Gasteiger partial charge in [0.15, 0.2) is 16.6 Å². The van der Waals surface area contributed by atoms with Crippen LogP contribution in [0.15, 0.2) is 66.7 Å². The Balaban J connectivity index is 1.54. The second-order valence-corrected chi connectivity index (χ2v) is 9.73. The molecule has 11 heteroatoms.